The number of fused-ring (bicyclic) bond motifs is 1. The molecule has 0 saturated heterocycles. The van der Waals surface area contributed by atoms with Crippen molar-refractivity contribution >= 4 is 41.3 Å². The van der Waals surface area contributed by atoms with Crippen LogP contribution < -0.4 is 5.32 Å². The van der Waals surface area contributed by atoms with Crippen molar-refractivity contribution in [1.29, 1.82) is 0 Å². The van der Waals surface area contributed by atoms with Crippen LogP contribution >= 0.6 is 35.3 Å². The number of aliphatic imine (C=N–C) groups is 1. The highest BCUT2D eigenvalue weighted by molar-refractivity contribution is 14.0. The zero-order valence-electron chi connectivity index (χ0n) is 15.0. The van der Waals surface area contributed by atoms with E-state index in [0.29, 0.717) is 0 Å². The molecule has 6 heteroatoms. The van der Waals surface area contributed by atoms with Crippen LogP contribution in [0.5, 0.6) is 0 Å². The molecule has 0 amide bonds. The van der Waals surface area contributed by atoms with E-state index >= 15 is 0 Å². The molecule has 1 N–H and O–H groups in total. The van der Waals surface area contributed by atoms with Gasteiger partial charge in [0.05, 0.1) is 6.54 Å². The summed E-state index contributed by atoms with van der Waals surface area (Å²) in [5, 5.41) is 5.61. The number of unbranched alkanes of at least 4 members (excludes halogenated alkanes) is 1. The van der Waals surface area contributed by atoms with Gasteiger partial charge in [0.1, 0.15) is 0 Å². The third-order valence-corrected chi connectivity index (χ3v) is 5.19. The topological polar surface area (TPSA) is 30.9 Å². The van der Waals surface area contributed by atoms with Gasteiger partial charge in [-0.2, -0.15) is 0 Å². The van der Waals surface area contributed by atoms with E-state index in [1.807, 2.05) is 17.4 Å². The van der Waals surface area contributed by atoms with Gasteiger partial charge in [-0.25, -0.2) is 0 Å². The van der Waals surface area contributed by atoms with E-state index in [9.17, 15) is 0 Å². The number of thiophene rings is 1. The Kier molecular flexibility index (Phi) is 10.6. The van der Waals surface area contributed by atoms with Crippen molar-refractivity contribution in [3.63, 3.8) is 0 Å². The van der Waals surface area contributed by atoms with Crippen molar-refractivity contribution in [2.24, 2.45) is 4.99 Å². The molecule has 0 radical (unpaired) electrons. The van der Waals surface area contributed by atoms with Crippen molar-refractivity contribution in [3.8, 4) is 0 Å². The van der Waals surface area contributed by atoms with Crippen molar-refractivity contribution in [1.82, 2.24) is 15.1 Å². The number of nitrogens with one attached hydrogen (secondary N) is 1. The minimum absolute atomic E-state index is 0. The van der Waals surface area contributed by atoms with Crippen LogP contribution in [0, 0.1) is 0 Å². The quantitative estimate of drug-likeness (QED) is 0.211. The fourth-order valence-corrected chi connectivity index (χ4v) is 3.73. The second kappa shape index (κ2) is 11.9. The van der Waals surface area contributed by atoms with Crippen molar-refractivity contribution in [3.05, 3.63) is 34.5 Å². The van der Waals surface area contributed by atoms with Crippen molar-refractivity contribution < 1.29 is 0 Å². The zero-order chi connectivity index (χ0) is 16.5. The van der Waals surface area contributed by atoms with E-state index in [-0.39, 0.29) is 24.0 Å². The molecule has 0 aromatic carbocycles. The van der Waals surface area contributed by atoms with E-state index in [0.717, 1.165) is 58.1 Å². The van der Waals surface area contributed by atoms with Gasteiger partial charge in [0.25, 0.3) is 0 Å². The Morgan fingerprint density at radius 1 is 1.54 bits per heavy atom. The Hall–Kier alpha value is -0.600. The monoisotopic (exact) mass is 462 g/mol. The van der Waals surface area contributed by atoms with Gasteiger partial charge in [-0.05, 0) is 43.2 Å². The molecule has 1 aromatic rings. The highest BCUT2D eigenvalue weighted by atomic mass is 127. The van der Waals surface area contributed by atoms with E-state index in [4.69, 9.17) is 4.99 Å². The molecule has 0 bridgehead atoms. The molecule has 2 heterocycles. The summed E-state index contributed by atoms with van der Waals surface area (Å²) in [5.74, 6) is 1.02. The number of hydrogen-bond acceptors (Lipinski definition) is 3. The summed E-state index contributed by atoms with van der Waals surface area (Å²) in [7, 11) is 2.11. The standard InChI is InChI=1S/C18H30N4S.HI/c1-4-6-7-11-21(3)18(19-5-2)20-10-13-22-12-8-17-16(15-22)9-14-23-17;/h4,9,14H,1,5-8,10-13,15H2,2-3H3,(H,19,20);1H. The lowest BCUT2D eigenvalue weighted by Gasteiger charge is -2.26. The molecule has 1 aliphatic rings. The second-order valence-electron chi connectivity index (χ2n) is 5.98. The Morgan fingerprint density at radius 2 is 2.38 bits per heavy atom. The third-order valence-electron chi connectivity index (χ3n) is 4.16. The summed E-state index contributed by atoms with van der Waals surface area (Å²) in [6, 6.07) is 2.27. The first-order valence-electron chi connectivity index (χ1n) is 8.62. The predicted molar refractivity (Wildman–Crippen MR) is 117 cm³/mol. The minimum Gasteiger partial charge on any atom is -0.357 e. The lowest BCUT2D eigenvalue weighted by atomic mass is 10.1. The summed E-state index contributed by atoms with van der Waals surface area (Å²) in [4.78, 5) is 11.1. The van der Waals surface area contributed by atoms with Crippen molar-refractivity contribution in [2.75, 3.05) is 39.8 Å². The van der Waals surface area contributed by atoms with E-state index in [2.05, 4.69) is 47.1 Å². The van der Waals surface area contributed by atoms with Gasteiger partial charge in [0.2, 0.25) is 0 Å². The SMILES string of the molecule is C=CCCCN(C)C(=NCCN1CCc2sccc2C1)NCC.I. The van der Waals surface area contributed by atoms with Gasteiger partial charge in [-0.15, -0.1) is 41.9 Å². The van der Waals surface area contributed by atoms with E-state index in [1.165, 1.54) is 12.0 Å². The molecule has 0 fully saturated rings. The predicted octanol–water partition coefficient (Wildman–Crippen LogP) is 3.59. The first-order valence-corrected chi connectivity index (χ1v) is 9.50. The Morgan fingerprint density at radius 3 is 3.12 bits per heavy atom. The third kappa shape index (κ3) is 6.72. The summed E-state index contributed by atoms with van der Waals surface area (Å²) >= 11 is 1.90. The maximum absolute atomic E-state index is 4.80. The molecule has 24 heavy (non-hydrogen) atoms. The van der Waals surface area contributed by atoms with E-state index in [1.54, 1.807) is 4.88 Å². The first-order chi connectivity index (χ1) is 11.2. The lowest BCUT2D eigenvalue weighted by Crippen LogP contribution is -2.40. The van der Waals surface area contributed by atoms with Crippen LogP contribution in [0.25, 0.3) is 0 Å². The molecule has 1 aliphatic heterocycles. The van der Waals surface area contributed by atoms with E-state index < -0.39 is 0 Å². The van der Waals surface area contributed by atoms with Gasteiger partial charge in [0.15, 0.2) is 5.96 Å². The molecule has 136 valence electrons. The van der Waals surface area contributed by atoms with Crippen LogP contribution in [0.4, 0.5) is 0 Å². The molecular weight excluding hydrogens is 431 g/mol. The van der Waals surface area contributed by atoms with Crippen LogP contribution in [0.1, 0.15) is 30.2 Å². The molecule has 0 unspecified atom stereocenters. The summed E-state index contributed by atoms with van der Waals surface area (Å²) in [6.45, 7) is 12.0. The first kappa shape index (κ1) is 21.4. The van der Waals surface area contributed by atoms with Crippen LogP contribution in [-0.4, -0.2) is 55.5 Å². The molecule has 2 rings (SSSR count). The average molecular weight is 462 g/mol. The highest BCUT2D eigenvalue weighted by Gasteiger charge is 2.16. The van der Waals surface area contributed by atoms with Gasteiger partial charge in [0, 0.05) is 44.6 Å². The molecular formula is C18H31IN4S. The maximum atomic E-state index is 4.80. The van der Waals surface area contributed by atoms with Crippen LogP contribution in [0.2, 0.25) is 0 Å². The number of halogens is 1. The number of rotatable bonds is 8. The molecule has 0 atom stereocenters. The molecule has 0 spiro atoms. The number of hydrogen-bond donors (Lipinski definition) is 1. The fourth-order valence-electron chi connectivity index (χ4n) is 2.84. The second-order valence-corrected chi connectivity index (χ2v) is 6.98. The Balaban J connectivity index is 0.00000288. The summed E-state index contributed by atoms with van der Waals surface area (Å²) < 4.78 is 0. The zero-order valence-corrected chi connectivity index (χ0v) is 18.1. The molecule has 1 aromatic heterocycles. The number of nitrogens with zero attached hydrogens (tertiary/aromatic N) is 3. The fraction of sp³-hybridized carbons (Fsp3) is 0.611. The molecule has 4 nitrogen and oxygen atoms in total. The Labute approximate surface area is 168 Å². The Bertz CT molecular complexity index is 515. The van der Waals surface area contributed by atoms with Crippen LogP contribution in [-0.2, 0) is 13.0 Å². The summed E-state index contributed by atoms with van der Waals surface area (Å²) in [5.41, 5.74) is 1.51. The molecule has 0 aliphatic carbocycles. The van der Waals surface area contributed by atoms with Gasteiger partial charge in [-0.1, -0.05) is 6.08 Å². The maximum Gasteiger partial charge on any atom is 0.193 e. The number of guanidine groups is 1. The molecule has 0 saturated carbocycles. The smallest absolute Gasteiger partial charge is 0.193 e. The summed E-state index contributed by atoms with van der Waals surface area (Å²) in [6.07, 6.45) is 5.35. The lowest BCUT2D eigenvalue weighted by molar-refractivity contribution is 0.263. The minimum atomic E-state index is 0. The average Bonchev–Trinajstić information content (AvgIpc) is 3.02. The van der Waals surface area contributed by atoms with Gasteiger partial charge >= 0.3 is 0 Å². The van der Waals surface area contributed by atoms with Crippen molar-refractivity contribution in [2.45, 2.75) is 32.7 Å². The normalized spacial score (nSPS) is 14.7. The number of allylic oxidation sites excluding steroid dienone is 1. The van der Waals surface area contributed by atoms with Gasteiger partial charge < -0.3 is 10.2 Å². The van der Waals surface area contributed by atoms with Crippen LogP contribution in [0.3, 0.4) is 0 Å². The largest absolute Gasteiger partial charge is 0.357 e. The van der Waals surface area contributed by atoms with Gasteiger partial charge in [-0.3, -0.25) is 9.89 Å². The van der Waals surface area contributed by atoms with Crippen LogP contribution in [0.15, 0.2) is 29.1 Å². The highest BCUT2D eigenvalue weighted by Crippen LogP contribution is 2.23.